The topological polar surface area (TPSA) is 33.7 Å². The molecule has 0 atom stereocenters. The number of anilines is 3. The number of nitrogens with zero attached hydrogens (tertiary/aromatic N) is 3. The minimum Gasteiger partial charge on any atom is -0.456 e. The maximum Gasteiger partial charge on any atom is 0.137 e. The van der Waals surface area contributed by atoms with Crippen molar-refractivity contribution >= 4 is 98.6 Å². The standard InChI is InChI=1S/C46H29N3OS/c1-46(2)36-12-6-3-9-29(36)30-18-15-27(22-37(30)46)48(28-16-19-33-32-11-5-8-14-41(32)50-42(33)23-28)26-17-20-40-35(21-26)43-44-34(24-38-45(43)51-25-47-38)31-10-4-7-13-39(31)49(40)44/h3-25H,1-2H3. The van der Waals surface area contributed by atoms with Crippen LogP contribution in [0.1, 0.15) is 25.0 Å². The molecule has 0 N–H and O–H groups in total. The van der Waals surface area contributed by atoms with Crippen LogP contribution in [0.25, 0.3) is 81.4 Å². The highest BCUT2D eigenvalue weighted by Crippen LogP contribution is 2.51. The van der Waals surface area contributed by atoms with Crippen LogP contribution in [0.3, 0.4) is 0 Å². The van der Waals surface area contributed by atoms with Gasteiger partial charge in [-0.25, -0.2) is 4.98 Å². The van der Waals surface area contributed by atoms with Gasteiger partial charge >= 0.3 is 0 Å². The highest BCUT2D eigenvalue weighted by Gasteiger charge is 2.36. The molecule has 4 aromatic heterocycles. The van der Waals surface area contributed by atoms with Gasteiger partial charge in [0.25, 0.3) is 0 Å². The smallest absolute Gasteiger partial charge is 0.137 e. The Morgan fingerprint density at radius 3 is 2.24 bits per heavy atom. The Morgan fingerprint density at radius 2 is 1.29 bits per heavy atom. The van der Waals surface area contributed by atoms with Gasteiger partial charge in [-0.2, -0.15) is 0 Å². The zero-order valence-corrected chi connectivity index (χ0v) is 28.8. The van der Waals surface area contributed by atoms with Gasteiger partial charge in [0.1, 0.15) is 11.2 Å². The average Bonchev–Trinajstić information content (AvgIpc) is 3.97. The summed E-state index contributed by atoms with van der Waals surface area (Å²) in [7, 11) is 0. The SMILES string of the molecule is CC1(C)c2ccccc2-c2ccc(N(c3ccc4c(c3)oc3ccccc34)c3ccc4c(c3)c3c5scnc5cc5c6ccccc6n4c53)cc21. The molecule has 0 saturated heterocycles. The Bertz CT molecular complexity index is 3250. The van der Waals surface area contributed by atoms with Crippen molar-refractivity contribution in [2.45, 2.75) is 19.3 Å². The van der Waals surface area contributed by atoms with Crippen molar-refractivity contribution in [3.05, 3.63) is 150 Å². The molecular formula is C46H29N3OS. The van der Waals surface area contributed by atoms with Crippen LogP contribution < -0.4 is 4.90 Å². The summed E-state index contributed by atoms with van der Waals surface area (Å²) in [5, 5.41) is 7.29. The van der Waals surface area contributed by atoms with Gasteiger partial charge in [-0.05, 0) is 82.9 Å². The predicted molar refractivity (Wildman–Crippen MR) is 214 cm³/mol. The lowest BCUT2D eigenvalue weighted by Crippen LogP contribution is -2.16. The Hall–Kier alpha value is -6.17. The summed E-state index contributed by atoms with van der Waals surface area (Å²) < 4.78 is 10.1. The second kappa shape index (κ2) is 9.53. The fraction of sp³-hybridized carbons (Fsp3) is 0.0652. The van der Waals surface area contributed by atoms with E-state index in [0.717, 1.165) is 44.5 Å². The molecule has 0 bridgehead atoms. The van der Waals surface area contributed by atoms with E-state index < -0.39 is 0 Å². The number of hydrogen-bond acceptors (Lipinski definition) is 4. The molecular weight excluding hydrogens is 643 g/mol. The molecule has 0 fully saturated rings. The fourth-order valence-electron chi connectivity index (χ4n) is 9.14. The van der Waals surface area contributed by atoms with Crippen LogP contribution in [0.15, 0.2) is 143 Å². The van der Waals surface area contributed by atoms with E-state index in [1.54, 1.807) is 11.3 Å². The summed E-state index contributed by atoms with van der Waals surface area (Å²) in [6.45, 7) is 4.70. The van der Waals surface area contributed by atoms with Gasteiger partial charge in [0.15, 0.2) is 0 Å². The van der Waals surface area contributed by atoms with E-state index >= 15 is 0 Å². The summed E-state index contributed by atoms with van der Waals surface area (Å²) >= 11 is 1.73. The molecule has 0 radical (unpaired) electrons. The third-order valence-corrected chi connectivity index (χ3v) is 12.3. The summed E-state index contributed by atoms with van der Waals surface area (Å²) in [4.78, 5) is 7.22. The molecule has 7 aromatic carbocycles. The Labute approximate surface area is 296 Å². The Balaban J connectivity index is 1.15. The van der Waals surface area contributed by atoms with Gasteiger partial charge < -0.3 is 13.7 Å². The summed E-state index contributed by atoms with van der Waals surface area (Å²) in [6, 6.07) is 48.8. The van der Waals surface area contributed by atoms with Crippen LogP contribution in [-0.4, -0.2) is 9.38 Å². The fourth-order valence-corrected chi connectivity index (χ4v) is 9.97. The van der Waals surface area contributed by atoms with E-state index in [0.29, 0.717) is 0 Å². The van der Waals surface area contributed by atoms with Crippen LogP contribution in [0.5, 0.6) is 0 Å². The van der Waals surface area contributed by atoms with Gasteiger partial charge in [0, 0.05) is 60.9 Å². The summed E-state index contributed by atoms with van der Waals surface area (Å²) in [5.74, 6) is 0. The van der Waals surface area contributed by atoms with Gasteiger partial charge in [0.2, 0.25) is 0 Å². The molecule has 0 spiro atoms. The second-order valence-electron chi connectivity index (χ2n) is 14.4. The minimum atomic E-state index is -0.119. The third kappa shape index (κ3) is 3.51. The maximum absolute atomic E-state index is 6.45. The highest BCUT2D eigenvalue weighted by atomic mass is 32.1. The van der Waals surface area contributed by atoms with E-state index in [4.69, 9.17) is 9.40 Å². The zero-order valence-electron chi connectivity index (χ0n) is 27.9. The van der Waals surface area contributed by atoms with Crippen LogP contribution in [0.2, 0.25) is 0 Å². The molecule has 1 aliphatic rings. The first kappa shape index (κ1) is 27.6. The number of rotatable bonds is 3. The largest absolute Gasteiger partial charge is 0.456 e. The molecule has 0 amide bonds. The summed E-state index contributed by atoms with van der Waals surface area (Å²) in [6.07, 6.45) is 0. The van der Waals surface area contributed by atoms with Crippen molar-refractivity contribution in [2.75, 3.05) is 4.90 Å². The number of thiazole rings is 1. The van der Waals surface area contributed by atoms with E-state index in [-0.39, 0.29) is 5.41 Å². The Morgan fingerprint density at radius 1 is 0.588 bits per heavy atom. The number of aromatic nitrogens is 2. The maximum atomic E-state index is 6.45. The first-order chi connectivity index (χ1) is 25.0. The molecule has 5 heteroatoms. The van der Waals surface area contributed by atoms with Gasteiger partial charge in [-0.1, -0.05) is 80.6 Å². The lowest BCUT2D eigenvalue weighted by Gasteiger charge is -2.28. The number of furan rings is 1. The molecule has 0 saturated carbocycles. The van der Waals surface area contributed by atoms with E-state index in [2.05, 4.69) is 144 Å². The molecule has 4 nitrogen and oxygen atoms in total. The first-order valence-corrected chi connectivity index (χ1v) is 18.3. The van der Waals surface area contributed by atoms with Crippen molar-refractivity contribution < 1.29 is 4.42 Å². The van der Waals surface area contributed by atoms with Gasteiger partial charge in [0.05, 0.1) is 32.3 Å². The van der Waals surface area contributed by atoms with E-state index in [1.807, 2.05) is 17.6 Å². The van der Waals surface area contributed by atoms with Crippen molar-refractivity contribution in [1.29, 1.82) is 0 Å². The van der Waals surface area contributed by atoms with Crippen LogP contribution in [-0.2, 0) is 5.41 Å². The normalized spacial score (nSPS) is 13.8. The molecule has 0 aliphatic heterocycles. The van der Waals surface area contributed by atoms with Gasteiger partial charge in [-0.15, -0.1) is 11.3 Å². The van der Waals surface area contributed by atoms with Gasteiger partial charge in [-0.3, -0.25) is 0 Å². The molecule has 1 aliphatic carbocycles. The zero-order chi connectivity index (χ0) is 33.6. The third-order valence-electron chi connectivity index (χ3n) is 11.4. The van der Waals surface area contributed by atoms with Crippen molar-refractivity contribution in [3.63, 3.8) is 0 Å². The van der Waals surface area contributed by atoms with Crippen molar-refractivity contribution in [3.8, 4) is 11.1 Å². The number of para-hydroxylation sites is 2. The quantitative estimate of drug-likeness (QED) is 0.187. The molecule has 51 heavy (non-hydrogen) atoms. The second-order valence-corrected chi connectivity index (χ2v) is 15.3. The van der Waals surface area contributed by atoms with E-state index in [9.17, 15) is 0 Å². The highest BCUT2D eigenvalue weighted by molar-refractivity contribution is 7.18. The number of benzene rings is 7. The lowest BCUT2D eigenvalue weighted by atomic mass is 9.82. The lowest BCUT2D eigenvalue weighted by molar-refractivity contribution is 0.660. The van der Waals surface area contributed by atoms with Crippen LogP contribution in [0.4, 0.5) is 17.1 Å². The predicted octanol–water partition coefficient (Wildman–Crippen LogP) is 13.1. The molecule has 0 unspecified atom stereocenters. The van der Waals surface area contributed by atoms with Crippen molar-refractivity contribution in [1.82, 2.24) is 9.38 Å². The first-order valence-electron chi connectivity index (χ1n) is 17.4. The summed E-state index contributed by atoms with van der Waals surface area (Å²) in [5.41, 5.74) is 17.0. The molecule has 4 heterocycles. The average molecular weight is 672 g/mol. The van der Waals surface area contributed by atoms with Crippen molar-refractivity contribution in [2.24, 2.45) is 0 Å². The molecule has 11 aromatic rings. The minimum absolute atomic E-state index is 0.119. The Kier molecular flexibility index (Phi) is 5.17. The molecule has 12 rings (SSSR count). The molecule has 240 valence electrons. The van der Waals surface area contributed by atoms with Crippen LogP contribution in [0, 0.1) is 0 Å². The number of hydrogen-bond donors (Lipinski definition) is 0. The number of fused-ring (bicyclic) bond motifs is 14. The monoisotopic (exact) mass is 671 g/mol. The van der Waals surface area contributed by atoms with E-state index in [1.165, 1.54) is 65.0 Å². The van der Waals surface area contributed by atoms with Crippen LogP contribution >= 0.6 is 11.3 Å².